The molecule has 0 bridgehead atoms. The van der Waals surface area contributed by atoms with Gasteiger partial charge in [0, 0.05) is 17.7 Å². The molecule has 5 N–H and O–H groups in total. The van der Waals surface area contributed by atoms with Crippen LogP contribution < -0.4 is 16.8 Å². The Bertz CT molecular complexity index is 442. The summed E-state index contributed by atoms with van der Waals surface area (Å²) < 4.78 is 0. The van der Waals surface area contributed by atoms with E-state index in [9.17, 15) is 9.59 Å². The van der Waals surface area contributed by atoms with E-state index in [-0.39, 0.29) is 11.4 Å². The molecular formula is C14H21N3O2. The number of rotatable bonds is 6. The first-order chi connectivity index (χ1) is 8.98. The van der Waals surface area contributed by atoms with Gasteiger partial charge in [-0.2, -0.15) is 0 Å². The second-order valence-electron chi connectivity index (χ2n) is 4.59. The largest absolute Gasteiger partial charge is 0.366 e. The second-order valence-corrected chi connectivity index (χ2v) is 4.59. The number of hydrogen-bond donors (Lipinski definition) is 3. The Morgan fingerprint density at radius 1 is 1.11 bits per heavy atom. The molecule has 0 fully saturated rings. The van der Waals surface area contributed by atoms with Gasteiger partial charge < -0.3 is 16.8 Å². The van der Waals surface area contributed by atoms with Gasteiger partial charge in [0.1, 0.15) is 0 Å². The molecule has 104 valence electrons. The fourth-order valence-electron chi connectivity index (χ4n) is 1.87. The Kier molecular flexibility index (Phi) is 5.06. The first kappa shape index (κ1) is 15.2. The molecule has 0 radical (unpaired) electrons. The quantitative estimate of drug-likeness (QED) is 0.715. The van der Waals surface area contributed by atoms with Crippen LogP contribution in [-0.4, -0.2) is 23.9 Å². The van der Waals surface area contributed by atoms with Gasteiger partial charge in [-0.05, 0) is 37.1 Å². The van der Waals surface area contributed by atoms with E-state index in [1.807, 2.05) is 13.8 Å². The Balaban J connectivity index is 2.86. The van der Waals surface area contributed by atoms with E-state index in [0.29, 0.717) is 17.7 Å². The summed E-state index contributed by atoms with van der Waals surface area (Å²) in [5.41, 5.74) is 11.4. The van der Waals surface area contributed by atoms with E-state index in [1.165, 1.54) is 0 Å². The molecule has 0 aliphatic carbocycles. The van der Waals surface area contributed by atoms with E-state index >= 15 is 0 Å². The summed E-state index contributed by atoms with van der Waals surface area (Å²) in [6, 6.07) is 6.25. The minimum Gasteiger partial charge on any atom is -0.366 e. The summed E-state index contributed by atoms with van der Waals surface area (Å²) in [6.07, 6.45) is 1.54. The minimum atomic E-state index is -0.509. The summed E-state index contributed by atoms with van der Waals surface area (Å²) in [6.45, 7) is 4.38. The molecular weight excluding hydrogens is 242 g/mol. The van der Waals surface area contributed by atoms with Gasteiger partial charge in [0.2, 0.25) is 5.91 Å². The van der Waals surface area contributed by atoms with Gasteiger partial charge in [-0.1, -0.05) is 13.8 Å². The summed E-state index contributed by atoms with van der Waals surface area (Å²) >= 11 is 0. The van der Waals surface area contributed by atoms with Crippen LogP contribution in [0.1, 0.15) is 47.4 Å². The lowest BCUT2D eigenvalue weighted by molar-refractivity contribution is 0.0894. The molecule has 1 aromatic rings. The molecule has 0 atom stereocenters. The highest BCUT2D eigenvalue weighted by Crippen LogP contribution is 2.14. The number of primary amides is 1. The standard InChI is InChI=1S/C14H21N3O2/c1-3-14(4-2,9-15)17-13(19)11-7-5-10(6-8-11)12(16)18/h5-8H,3-4,9,15H2,1-2H3,(H2,16,18)(H,17,19). The average molecular weight is 263 g/mol. The number of nitrogens with two attached hydrogens (primary N) is 2. The monoisotopic (exact) mass is 263 g/mol. The molecule has 0 saturated heterocycles. The van der Waals surface area contributed by atoms with E-state index in [2.05, 4.69) is 5.32 Å². The van der Waals surface area contributed by atoms with E-state index in [0.717, 1.165) is 12.8 Å². The topological polar surface area (TPSA) is 98.2 Å². The third kappa shape index (κ3) is 3.54. The summed E-state index contributed by atoms with van der Waals surface area (Å²) in [5.74, 6) is -0.699. The van der Waals surface area contributed by atoms with Gasteiger partial charge in [0.05, 0.1) is 5.54 Å². The van der Waals surface area contributed by atoms with Crippen molar-refractivity contribution < 1.29 is 9.59 Å². The highest BCUT2D eigenvalue weighted by atomic mass is 16.2. The fourth-order valence-corrected chi connectivity index (χ4v) is 1.87. The van der Waals surface area contributed by atoms with Gasteiger partial charge in [-0.3, -0.25) is 9.59 Å². The molecule has 2 amide bonds. The predicted molar refractivity (Wildman–Crippen MR) is 74.8 cm³/mol. The SMILES string of the molecule is CCC(CC)(CN)NC(=O)c1ccc(C(N)=O)cc1. The molecule has 5 heteroatoms. The number of benzene rings is 1. The smallest absolute Gasteiger partial charge is 0.251 e. The van der Waals surface area contributed by atoms with Crippen molar-refractivity contribution in [3.8, 4) is 0 Å². The first-order valence-electron chi connectivity index (χ1n) is 6.40. The molecule has 0 spiro atoms. The van der Waals surface area contributed by atoms with Crippen LogP contribution >= 0.6 is 0 Å². The Morgan fingerprint density at radius 2 is 1.58 bits per heavy atom. The average Bonchev–Trinajstić information content (AvgIpc) is 2.45. The minimum absolute atomic E-state index is 0.190. The first-order valence-corrected chi connectivity index (χ1v) is 6.40. The van der Waals surface area contributed by atoms with Crippen molar-refractivity contribution >= 4 is 11.8 Å². The lowest BCUT2D eigenvalue weighted by Gasteiger charge is -2.31. The summed E-state index contributed by atoms with van der Waals surface area (Å²) in [5, 5.41) is 2.96. The van der Waals surface area contributed by atoms with Gasteiger partial charge in [-0.25, -0.2) is 0 Å². The maximum absolute atomic E-state index is 12.1. The summed E-state index contributed by atoms with van der Waals surface area (Å²) in [4.78, 5) is 23.1. The van der Waals surface area contributed by atoms with E-state index < -0.39 is 5.91 Å². The van der Waals surface area contributed by atoms with Crippen molar-refractivity contribution in [1.29, 1.82) is 0 Å². The number of hydrogen-bond acceptors (Lipinski definition) is 3. The van der Waals surface area contributed by atoms with Gasteiger partial charge in [0.15, 0.2) is 0 Å². The van der Waals surface area contributed by atoms with Crippen LogP contribution in [0.5, 0.6) is 0 Å². The van der Waals surface area contributed by atoms with Crippen molar-refractivity contribution in [3.63, 3.8) is 0 Å². The maximum Gasteiger partial charge on any atom is 0.251 e. The van der Waals surface area contributed by atoms with Crippen LogP contribution in [0.25, 0.3) is 0 Å². The molecule has 0 aliphatic heterocycles. The van der Waals surface area contributed by atoms with Crippen molar-refractivity contribution in [3.05, 3.63) is 35.4 Å². The van der Waals surface area contributed by atoms with E-state index in [1.54, 1.807) is 24.3 Å². The lowest BCUT2D eigenvalue weighted by atomic mass is 9.92. The van der Waals surface area contributed by atoms with Crippen molar-refractivity contribution in [2.45, 2.75) is 32.2 Å². The van der Waals surface area contributed by atoms with Crippen LogP contribution in [0.3, 0.4) is 0 Å². The zero-order chi connectivity index (χ0) is 14.5. The maximum atomic E-state index is 12.1. The molecule has 0 unspecified atom stereocenters. The third-order valence-electron chi connectivity index (χ3n) is 3.55. The molecule has 19 heavy (non-hydrogen) atoms. The zero-order valence-corrected chi connectivity index (χ0v) is 11.4. The number of carbonyl (C=O) groups is 2. The predicted octanol–water partition coefficient (Wildman–Crippen LogP) is 1.03. The molecule has 1 rings (SSSR count). The number of nitrogens with one attached hydrogen (secondary N) is 1. The molecule has 0 aromatic heterocycles. The third-order valence-corrected chi connectivity index (χ3v) is 3.55. The van der Waals surface area contributed by atoms with Crippen molar-refractivity contribution in [1.82, 2.24) is 5.32 Å². The van der Waals surface area contributed by atoms with Crippen LogP contribution in [0.4, 0.5) is 0 Å². The van der Waals surface area contributed by atoms with Crippen molar-refractivity contribution in [2.24, 2.45) is 11.5 Å². The van der Waals surface area contributed by atoms with Crippen LogP contribution in [-0.2, 0) is 0 Å². The zero-order valence-electron chi connectivity index (χ0n) is 11.4. The Morgan fingerprint density at radius 3 is 1.95 bits per heavy atom. The Hall–Kier alpha value is -1.88. The summed E-state index contributed by atoms with van der Waals surface area (Å²) in [7, 11) is 0. The molecule has 0 saturated carbocycles. The van der Waals surface area contributed by atoms with Gasteiger partial charge in [0.25, 0.3) is 5.91 Å². The van der Waals surface area contributed by atoms with Crippen LogP contribution in [0.15, 0.2) is 24.3 Å². The normalized spacial score (nSPS) is 11.1. The fraction of sp³-hybridized carbons (Fsp3) is 0.429. The van der Waals surface area contributed by atoms with Gasteiger partial charge in [-0.15, -0.1) is 0 Å². The second kappa shape index (κ2) is 6.33. The molecule has 1 aromatic carbocycles. The molecule has 0 heterocycles. The lowest BCUT2D eigenvalue weighted by Crippen LogP contribution is -2.52. The Labute approximate surface area is 113 Å². The molecule has 0 aliphatic rings. The number of amides is 2. The number of carbonyl (C=O) groups excluding carboxylic acids is 2. The van der Waals surface area contributed by atoms with Crippen molar-refractivity contribution in [2.75, 3.05) is 6.54 Å². The van der Waals surface area contributed by atoms with Crippen LogP contribution in [0.2, 0.25) is 0 Å². The van der Waals surface area contributed by atoms with E-state index in [4.69, 9.17) is 11.5 Å². The van der Waals surface area contributed by atoms with Gasteiger partial charge >= 0.3 is 0 Å². The van der Waals surface area contributed by atoms with Crippen LogP contribution in [0, 0.1) is 0 Å². The molecule has 5 nitrogen and oxygen atoms in total. The highest BCUT2D eigenvalue weighted by Gasteiger charge is 2.26. The highest BCUT2D eigenvalue weighted by molar-refractivity contribution is 5.97.